The number of anilines is 1. The van der Waals surface area contributed by atoms with Crippen LogP contribution in [0, 0.1) is 17.5 Å². The fourth-order valence-electron chi connectivity index (χ4n) is 2.52. The molecular formula is C20H16F3NO5S. The van der Waals surface area contributed by atoms with Crippen molar-refractivity contribution in [3.63, 3.8) is 0 Å². The van der Waals surface area contributed by atoms with Gasteiger partial charge in [-0.3, -0.25) is 4.72 Å². The highest BCUT2D eigenvalue weighted by molar-refractivity contribution is 7.92. The largest absolute Gasteiger partial charge is 0.497 e. The zero-order valence-corrected chi connectivity index (χ0v) is 16.6. The smallest absolute Gasteiger partial charge is 0.264 e. The Morgan fingerprint density at radius 1 is 0.767 bits per heavy atom. The van der Waals surface area contributed by atoms with Crippen molar-refractivity contribution in [2.75, 3.05) is 18.9 Å². The maximum Gasteiger partial charge on any atom is 0.264 e. The summed E-state index contributed by atoms with van der Waals surface area (Å²) in [7, 11) is -1.63. The van der Waals surface area contributed by atoms with Crippen LogP contribution in [-0.4, -0.2) is 22.6 Å². The van der Waals surface area contributed by atoms with Crippen LogP contribution in [0.1, 0.15) is 0 Å². The Bertz CT molecular complexity index is 1170. The first-order valence-electron chi connectivity index (χ1n) is 8.41. The van der Waals surface area contributed by atoms with Crippen LogP contribution < -0.4 is 18.9 Å². The highest BCUT2D eigenvalue weighted by atomic mass is 32.2. The van der Waals surface area contributed by atoms with Gasteiger partial charge in [0, 0.05) is 6.07 Å². The molecule has 0 unspecified atom stereocenters. The molecular weight excluding hydrogens is 423 g/mol. The van der Waals surface area contributed by atoms with Crippen LogP contribution in [0.3, 0.4) is 0 Å². The Kier molecular flexibility index (Phi) is 6.06. The molecule has 0 spiro atoms. The molecule has 0 saturated heterocycles. The number of sulfonamides is 1. The minimum atomic E-state index is -4.55. The van der Waals surface area contributed by atoms with Gasteiger partial charge in [-0.25, -0.2) is 21.6 Å². The van der Waals surface area contributed by atoms with Crippen molar-refractivity contribution in [1.82, 2.24) is 0 Å². The fraction of sp³-hybridized carbons (Fsp3) is 0.100. The molecule has 0 aliphatic rings. The summed E-state index contributed by atoms with van der Waals surface area (Å²) < 4.78 is 83.5. The van der Waals surface area contributed by atoms with Crippen molar-refractivity contribution in [3.8, 4) is 23.0 Å². The van der Waals surface area contributed by atoms with Gasteiger partial charge in [0.2, 0.25) is 0 Å². The molecule has 3 rings (SSSR count). The van der Waals surface area contributed by atoms with E-state index in [1.54, 1.807) is 24.3 Å². The van der Waals surface area contributed by atoms with E-state index in [0.29, 0.717) is 29.4 Å². The summed E-state index contributed by atoms with van der Waals surface area (Å²) in [6.07, 6.45) is 0. The van der Waals surface area contributed by atoms with Crippen molar-refractivity contribution >= 4 is 15.7 Å². The van der Waals surface area contributed by atoms with E-state index in [1.165, 1.54) is 32.4 Å². The average molecular weight is 439 g/mol. The van der Waals surface area contributed by atoms with Crippen LogP contribution >= 0.6 is 0 Å². The quantitative estimate of drug-likeness (QED) is 0.540. The predicted molar refractivity (Wildman–Crippen MR) is 103 cm³/mol. The highest BCUT2D eigenvalue weighted by Crippen LogP contribution is 2.35. The molecule has 0 heterocycles. The summed E-state index contributed by atoms with van der Waals surface area (Å²) in [6, 6.07) is 11.8. The second-order valence-corrected chi connectivity index (χ2v) is 7.57. The van der Waals surface area contributed by atoms with Crippen molar-refractivity contribution in [2.24, 2.45) is 0 Å². The minimum Gasteiger partial charge on any atom is -0.497 e. The van der Waals surface area contributed by atoms with Gasteiger partial charge < -0.3 is 14.2 Å². The molecule has 0 atom stereocenters. The summed E-state index contributed by atoms with van der Waals surface area (Å²) in [5, 5.41) is 0. The molecule has 0 aliphatic carbocycles. The van der Waals surface area contributed by atoms with Gasteiger partial charge in [-0.2, -0.15) is 0 Å². The van der Waals surface area contributed by atoms with E-state index in [2.05, 4.69) is 4.72 Å². The van der Waals surface area contributed by atoms with Crippen molar-refractivity contribution in [2.45, 2.75) is 4.90 Å². The molecule has 30 heavy (non-hydrogen) atoms. The number of hydrogen-bond acceptors (Lipinski definition) is 5. The molecule has 0 fully saturated rings. The summed E-state index contributed by atoms with van der Waals surface area (Å²) >= 11 is 0. The molecule has 3 aromatic carbocycles. The van der Waals surface area contributed by atoms with Crippen LogP contribution in [0.4, 0.5) is 18.9 Å². The molecule has 0 aromatic heterocycles. The van der Waals surface area contributed by atoms with Crippen LogP contribution in [-0.2, 0) is 10.0 Å². The van der Waals surface area contributed by atoms with E-state index in [0.717, 1.165) is 0 Å². The van der Waals surface area contributed by atoms with Gasteiger partial charge in [-0.1, -0.05) is 0 Å². The minimum absolute atomic E-state index is 0.0107. The van der Waals surface area contributed by atoms with Crippen LogP contribution in [0.15, 0.2) is 59.5 Å². The Morgan fingerprint density at radius 2 is 1.43 bits per heavy atom. The normalized spacial score (nSPS) is 11.1. The number of nitrogens with one attached hydrogen (secondary N) is 1. The van der Waals surface area contributed by atoms with Crippen LogP contribution in [0.25, 0.3) is 0 Å². The van der Waals surface area contributed by atoms with Crippen molar-refractivity contribution in [3.05, 3.63) is 72.0 Å². The van der Waals surface area contributed by atoms with Crippen molar-refractivity contribution in [1.29, 1.82) is 0 Å². The molecule has 0 amide bonds. The number of rotatable bonds is 7. The molecule has 3 aromatic rings. The van der Waals surface area contributed by atoms with E-state index in [-0.39, 0.29) is 11.4 Å². The molecule has 0 aliphatic heterocycles. The maximum absolute atomic E-state index is 13.9. The van der Waals surface area contributed by atoms with Gasteiger partial charge in [0.05, 0.1) is 19.9 Å². The topological polar surface area (TPSA) is 73.9 Å². The van der Waals surface area contributed by atoms with Gasteiger partial charge in [-0.15, -0.1) is 0 Å². The number of methoxy groups -OCH3 is 2. The standard InChI is InChI=1S/C20H16F3NO5S/c1-27-13-4-6-14(7-5-13)29-17-11-12(3-9-16(17)28-2)24-30(25,26)18-10-8-15(21)19(22)20(18)23/h3-11,24H,1-2H3. The number of halogens is 3. The molecule has 0 radical (unpaired) electrons. The third kappa shape index (κ3) is 4.43. The van der Waals surface area contributed by atoms with Gasteiger partial charge in [-0.05, 0) is 48.5 Å². The summed E-state index contributed by atoms with van der Waals surface area (Å²) in [6.45, 7) is 0. The summed E-state index contributed by atoms with van der Waals surface area (Å²) in [5.74, 6) is -3.69. The lowest BCUT2D eigenvalue weighted by Gasteiger charge is -2.14. The predicted octanol–water partition coefficient (Wildman–Crippen LogP) is 4.71. The molecule has 158 valence electrons. The number of ether oxygens (including phenoxy) is 3. The lowest BCUT2D eigenvalue weighted by atomic mass is 10.2. The van der Waals surface area contributed by atoms with E-state index < -0.39 is 32.4 Å². The first kappa shape index (κ1) is 21.3. The van der Waals surface area contributed by atoms with Crippen LogP contribution in [0.2, 0.25) is 0 Å². The summed E-state index contributed by atoms with van der Waals surface area (Å²) in [4.78, 5) is -1.03. The number of benzene rings is 3. The Balaban J connectivity index is 1.91. The van der Waals surface area contributed by atoms with Crippen LogP contribution in [0.5, 0.6) is 23.0 Å². The zero-order chi connectivity index (χ0) is 21.9. The highest BCUT2D eigenvalue weighted by Gasteiger charge is 2.24. The molecule has 0 saturated carbocycles. The van der Waals surface area contributed by atoms with E-state index >= 15 is 0 Å². The Hall–Kier alpha value is -3.40. The van der Waals surface area contributed by atoms with E-state index in [1.807, 2.05) is 0 Å². The van der Waals surface area contributed by atoms with Gasteiger partial charge in [0.15, 0.2) is 29.0 Å². The third-order valence-electron chi connectivity index (χ3n) is 3.99. The molecule has 6 nitrogen and oxygen atoms in total. The third-order valence-corrected chi connectivity index (χ3v) is 5.39. The molecule has 1 N–H and O–H groups in total. The van der Waals surface area contributed by atoms with Gasteiger partial charge >= 0.3 is 0 Å². The Morgan fingerprint density at radius 3 is 2.07 bits per heavy atom. The van der Waals surface area contributed by atoms with Gasteiger partial charge in [0.25, 0.3) is 10.0 Å². The van der Waals surface area contributed by atoms with Gasteiger partial charge in [0.1, 0.15) is 16.4 Å². The lowest BCUT2D eigenvalue weighted by molar-refractivity contribution is 0.378. The first-order valence-corrected chi connectivity index (χ1v) is 9.89. The van der Waals surface area contributed by atoms with E-state index in [4.69, 9.17) is 14.2 Å². The molecule has 0 bridgehead atoms. The number of hydrogen-bond donors (Lipinski definition) is 1. The average Bonchev–Trinajstić information content (AvgIpc) is 2.72. The first-order chi connectivity index (χ1) is 14.2. The second-order valence-electron chi connectivity index (χ2n) is 5.92. The maximum atomic E-state index is 13.9. The monoisotopic (exact) mass is 439 g/mol. The lowest BCUT2D eigenvalue weighted by Crippen LogP contribution is -2.16. The second kappa shape index (κ2) is 8.54. The SMILES string of the molecule is COc1ccc(Oc2cc(NS(=O)(=O)c3ccc(F)c(F)c3F)ccc2OC)cc1. The van der Waals surface area contributed by atoms with E-state index in [9.17, 15) is 21.6 Å². The molecule has 10 heteroatoms. The van der Waals surface area contributed by atoms with Crippen molar-refractivity contribution < 1.29 is 35.8 Å². The Labute approximate surface area is 170 Å². The zero-order valence-electron chi connectivity index (χ0n) is 15.8. The fourth-order valence-corrected chi connectivity index (χ4v) is 3.64. The summed E-state index contributed by atoms with van der Waals surface area (Å²) in [5.41, 5.74) is -0.0107.